The Kier molecular flexibility index (Phi) is 4.62. The van der Waals surface area contributed by atoms with Crippen molar-refractivity contribution in [3.05, 3.63) is 40.2 Å². The van der Waals surface area contributed by atoms with E-state index in [1.54, 1.807) is 12.1 Å². The zero-order valence-corrected chi connectivity index (χ0v) is 12.5. The van der Waals surface area contributed by atoms with Crippen LogP contribution in [0.2, 0.25) is 0 Å². The number of H-pyrrole nitrogens is 1. The van der Waals surface area contributed by atoms with Gasteiger partial charge in [0.2, 0.25) is 5.88 Å². The molecular weight excluding hydrogens is 268 g/mol. The van der Waals surface area contributed by atoms with Gasteiger partial charge in [-0.25, -0.2) is 0 Å². The second kappa shape index (κ2) is 6.43. The Bertz CT molecular complexity index is 660. The molecule has 112 valence electrons. The van der Waals surface area contributed by atoms with Gasteiger partial charge in [0.1, 0.15) is 11.6 Å². The van der Waals surface area contributed by atoms with Gasteiger partial charge < -0.3 is 14.8 Å². The average molecular weight is 288 g/mol. The lowest BCUT2D eigenvalue weighted by atomic mass is 10.1. The van der Waals surface area contributed by atoms with E-state index in [0.29, 0.717) is 18.0 Å². The molecular formula is C16H20N2O3. The predicted molar refractivity (Wildman–Crippen MR) is 81.8 cm³/mol. The molecule has 0 atom stereocenters. The third kappa shape index (κ3) is 3.42. The maximum Gasteiger partial charge on any atom is 0.258 e. The molecule has 1 aromatic carbocycles. The first-order valence-corrected chi connectivity index (χ1v) is 7.09. The summed E-state index contributed by atoms with van der Waals surface area (Å²) < 4.78 is 5.50. The topological polar surface area (TPSA) is 75.2 Å². The minimum atomic E-state index is -0.307. The summed E-state index contributed by atoms with van der Waals surface area (Å²) in [6.07, 6.45) is 0.946. The van der Waals surface area contributed by atoms with Crippen LogP contribution < -0.4 is 10.3 Å². The Labute approximate surface area is 123 Å². The predicted octanol–water partition coefficient (Wildman–Crippen LogP) is 3.05. The van der Waals surface area contributed by atoms with Crippen molar-refractivity contribution in [1.82, 2.24) is 9.97 Å². The van der Waals surface area contributed by atoms with Crippen LogP contribution in [0.25, 0.3) is 11.4 Å². The summed E-state index contributed by atoms with van der Waals surface area (Å²) in [6, 6.07) is 7.24. The largest absolute Gasteiger partial charge is 0.494 e. The van der Waals surface area contributed by atoms with Crippen LogP contribution >= 0.6 is 0 Å². The highest BCUT2D eigenvalue weighted by molar-refractivity contribution is 5.57. The van der Waals surface area contributed by atoms with E-state index in [9.17, 15) is 9.90 Å². The second-order valence-electron chi connectivity index (χ2n) is 5.18. The third-order valence-corrected chi connectivity index (χ3v) is 3.11. The van der Waals surface area contributed by atoms with E-state index in [0.717, 1.165) is 17.7 Å². The SMILES string of the molecule is CCCOc1ccc(-c2nc(O)c(C(C)C)c(=O)[nH]2)cc1. The van der Waals surface area contributed by atoms with Crippen molar-refractivity contribution in [3.8, 4) is 23.0 Å². The van der Waals surface area contributed by atoms with Crippen molar-refractivity contribution < 1.29 is 9.84 Å². The van der Waals surface area contributed by atoms with E-state index < -0.39 is 0 Å². The van der Waals surface area contributed by atoms with Crippen molar-refractivity contribution in [1.29, 1.82) is 0 Å². The molecule has 0 amide bonds. The first kappa shape index (κ1) is 15.1. The maximum absolute atomic E-state index is 12.0. The number of hydrogen-bond acceptors (Lipinski definition) is 4. The Morgan fingerprint density at radius 3 is 2.48 bits per heavy atom. The third-order valence-electron chi connectivity index (χ3n) is 3.11. The van der Waals surface area contributed by atoms with Gasteiger partial charge in [-0.2, -0.15) is 4.98 Å². The van der Waals surface area contributed by atoms with Gasteiger partial charge in [0.05, 0.1) is 12.2 Å². The molecule has 0 radical (unpaired) electrons. The van der Waals surface area contributed by atoms with E-state index in [1.165, 1.54) is 0 Å². The molecule has 2 N–H and O–H groups in total. The number of aromatic hydroxyl groups is 1. The van der Waals surface area contributed by atoms with Gasteiger partial charge in [-0.1, -0.05) is 20.8 Å². The Morgan fingerprint density at radius 2 is 1.95 bits per heavy atom. The number of aromatic nitrogens is 2. The van der Waals surface area contributed by atoms with Gasteiger partial charge in [-0.05, 0) is 36.6 Å². The highest BCUT2D eigenvalue weighted by Gasteiger charge is 2.14. The highest BCUT2D eigenvalue weighted by atomic mass is 16.5. The number of nitrogens with one attached hydrogen (secondary N) is 1. The molecule has 2 aromatic rings. The van der Waals surface area contributed by atoms with Crippen molar-refractivity contribution in [2.75, 3.05) is 6.61 Å². The zero-order valence-electron chi connectivity index (χ0n) is 12.5. The number of rotatable bonds is 5. The molecule has 1 aromatic heterocycles. The molecule has 0 unspecified atom stereocenters. The second-order valence-corrected chi connectivity index (χ2v) is 5.18. The van der Waals surface area contributed by atoms with Gasteiger partial charge in [0.25, 0.3) is 5.56 Å². The molecule has 1 heterocycles. The average Bonchev–Trinajstić information content (AvgIpc) is 2.44. The van der Waals surface area contributed by atoms with Crippen molar-refractivity contribution >= 4 is 0 Å². The van der Waals surface area contributed by atoms with Crippen LogP contribution in [0.1, 0.15) is 38.7 Å². The van der Waals surface area contributed by atoms with Crippen LogP contribution in [0, 0.1) is 0 Å². The van der Waals surface area contributed by atoms with Gasteiger partial charge >= 0.3 is 0 Å². The van der Waals surface area contributed by atoms with Crippen LogP contribution in [-0.2, 0) is 0 Å². The van der Waals surface area contributed by atoms with Crippen molar-refractivity contribution in [3.63, 3.8) is 0 Å². The maximum atomic E-state index is 12.0. The summed E-state index contributed by atoms with van der Waals surface area (Å²) in [6.45, 7) is 6.39. The molecule has 21 heavy (non-hydrogen) atoms. The molecule has 0 aliphatic heterocycles. The Hall–Kier alpha value is -2.30. The summed E-state index contributed by atoms with van der Waals surface area (Å²) in [5, 5.41) is 9.92. The zero-order chi connectivity index (χ0) is 15.4. The van der Waals surface area contributed by atoms with E-state index >= 15 is 0 Å². The lowest BCUT2D eigenvalue weighted by Crippen LogP contribution is -2.16. The monoisotopic (exact) mass is 288 g/mol. The quantitative estimate of drug-likeness (QED) is 0.886. The number of aromatic amines is 1. The van der Waals surface area contributed by atoms with Crippen molar-refractivity contribution in [2.45, 2.75) is 33.1 Å². The molecule has 0 spiro atoms. The van der Waals surface area contributed by atoms with Gasteiger partial charge in [0.15, 0.2) is 0 Å². The van der Waals surface area contributed by atoms with Crippen LogP contribution in [0.5, 0.6) is 11.6 Å². The summed E-state index contributed by atoms with van der Waals surface area (Å²) in [5.41, 5.74) is 0.724. The summed E-state index contributed by atoms with van der Waals surface area (Å²) >= 11 is 0. The molecule has 0 saturated carbocycles. The smallest absolute Gasteiger partial charge is 0.258 e. The summed E-state index contributed by atoms with van der Waals surface area (Å²) in [7, 11) is 0. The molecule has 0 fully saturated rings. The number of ether oxygens (including phenoxy) is 1. The summed E-state index contributed by atoms with van der Waals surface area (Å²) in [4.78, 5) is 18.8. The normalized spacial score (nSPS) is 10.9. The number of nitrogens with zero attached hydrogens (tertiary/aromatic N) is 1. The molecule has 0 aliphatic rings. The van der Waals surface area contributed by atoms with Crippen LogP contribution in [0.4, 0.5) is 0 Å². The lowest BCUT2D eigenvalue weighted by molar-refractivity contribution is 0.317. The van der Waals surface area contributed by atoms with E-state index in [1.807, 2.05) is 32.9 Å². The number of benzene rings is 1. The van der Waals surface area contributed by atoms with Gasteiger partial charge in [-0.15, -0.1) is 0 Å². The molecule has 0 bridgehead atoms. The van der Waals surface area contributed by atoms with E-state index in [-0.39, 0.29) is 17.4 Å². The fourth-order valence-corrected chi connectivity index (χ4v) is 2.06. The van der Waals surface area contributed by atoms with Gasteiger partial charge in [0, 0.05) is 5.56 Å². The fraction of sp³-hybridized carbons (Fsp3) is 0.375. The Morgan fingerprint density at radius 1 is 1.29 bits per heavy atom. The standard InChI is InChI=1S/C16H20N2O3/c1-4-9-21-12-7-5-11(6-8-12)14-17-15(19)13(10(2)3)16(20)18-14/h5-8,10H,4,9H2,1-3H3,(H2,17,18,19,20). The fourth-order valence-electron chi connectivity index (χ4n) is 2.06. The molecule has 0 aliphatic carbocycles. The van der Waals surface area contributed by atoms with Crippen LogP contribution in [0.15, 0.2) is 29.1 Å². The minimum absolute atomic E-state index is 0.0832. The lowest BCUT2D eigenvalue weighted by Gasteiger charge is -2.09. The van der Waals surface area contributed by atoms with E-state index in [2.05, 4.69) is 9.97 Å². The molecule has 2 rings (SSSR count). The highest BCUT2D eigenvalue weighted by Crippen LogP contribution is 2.23. The van der Waals surface area contributed by atoms with Crippen LogP contribution in [0.3, 0.4) is 0 Å². The number of hydrogen-bond donors (Lipinski definition) is 2. The molecule has 0 saturated heterocycles. The first-order chi connectivity index (χ1) is 10.0. The van der Waals surface area contributed by atoms with Gasteiger partial charge in [-0.3, -0.25) is 4.79 Å². The first-order valence-electron chi connectivity index (χ1n) is 7.09. The molecule has 5 nitrogen and oxygen atoms in total. The summed E-state index contributed by atoms with van der Waals surface area (Å²) in [5.74, 6) is 0.824. The Balaban J connectivity index is 2.32. The van der Waals surface area contributed by atoms with Crippen LogP contribution in [-0.4, -0.2) is 21.7 Å². The van der Waals surface area contributed by atoms with E-state index in [4.69, 9.17) is 4.74 Å². The molecule has 5 heteroatoms. The van der Waals surface area contributed by atoms with Crippen molar-refractivity contribution in [2.24, 2.45) is 0 Å². The minimum Gasteiger partial charge on any atom is -0.494 e.